The summed E-state index contributed by atoms with van der Waals surface area (Å²) in [4.78, 5) is 30.1. The summed E-state index contributed by atoms with van der Waals surface area (Å²) >= 11 is 5.96. The van der Waals surface area contributed by atoms with E-state index >= 15 is 0 Å². The van der Waals surface area contributed by atoms with E-state index in [9.17, 15) is 19.1 Å². The van der Waals surface area contributed by atoms with E-state index in [1.54, 1.807) is 24.3 Å². The number of esters is 1. The molecule has 0 aliphatic carbocycles. The standard InChI is InChI=1S/C26H27ClFN3O5/c1-25(34,15-29)22-13-18(12-21(30-22)17-9-10-20(28)19(27)11-17)26(2,23(32)35-3)31-24(33)36-14-16-7-5-4-6-8-16/h4-13,34H,14-15,29H2,1-3H3,(H,31,33). The van der Waals surface area contributed by atoms with Gasteiger partial charge in [-0.15, -0.1) is 0 Å². The smallest absolute Gasteiger partial charge is 0.408 e. The lowest BCUT2D eigenvalue weighted by molar-refractivity contribution is -0.148. The van der Waals surface area contributed by atoms with Gasteiger partial charge in [-0.2, -0.15) is 0 Å². The van der Waals surface area contributed by atoms with Crippen LogP contribution in [0.5, 0.6) is 0 Å². The van der Waals surface area contributed by atoms with Crippen molar-refractivity contribution in [1.29, 1.82) is 0 Å². The van der Waals surface area contributed by atoms with Crippen molar-refractivity contribution >= 4 is 23.7 Å². The van der Waals surface area contributed by atoms with Crippen LogP contribution in [-0.2, 0) is 32.0 Å². The highest BCUT2D eigenvalue weighted by Gasteiger charge is 2.40. The lowest BCUT2D eigenvalue weighted by Gasteiger charge is -2.30. The normalized spacial score (nSPS) is 14.3. The van der Waals surface area contributed by atoms with E-state index in [0.29, 0.717) is 5.56 Å². The fraction of sp³-hybridized carbons (Fsp3) is 0.269. The Bertz CT molecular complexity index is 1260. The van der Waals surface area contributed by atoms with E-state index in [-0.39, 0.29) is 35.1 Å². The van der Waals surface area contributed by atoms with Gasteiger partial charge in [-0.05, 0) is 55.3 Å². The fourth-order valence-electron chi connectivity index (χ4n) is 3.41. The van der Waals surface area contributed by atoms with Crippen molar-refractivity contribution in [2.45, 2.75) is 31.6 Å². The zero-order valence-corrected chi connectivity index (χ0v) is 20.8. The molecule has 2 aromatic carbocycles. The van der Waals surface area contributed by atoms with Gasteiger partial charge < -0.3 is 25.6 Å². The molecule has 0 saturated carbocycles. The molecule has 2 atom stereocenters. The topological polar surface area (TPSA) is 124 Å². The third-order valence-electron chi connectivity index (χ3n) is 5.73. The predicted molar refractivity (Wildman–Crippen MR) is 132 cm³/mol. The third kappa shape index (κ3) is 5.99. The summed E-state index contributed by atoms with van der Waals surface area (Å²) in [5, 5.41) is 13.3. The molecule has 10 heteroatoms. The van der Waals surface area contributed by atoms with E-state index in [2.05, 4.69) is 10.3 Å². The highest BCUT2D eigenvalue weighted by molar-refractivity contribution is 6.31. The van der Waals surface area contributed by atoms with Crippen molar-refractivity contribution in [1.82, 2.24) is 10.3 Å². The van der Waals surface area contributed by atoms with E-state index in [1.165, 1.54) is 51.3 Å². The number of amides is 1. The van der Waals surface area contributed by atoms with Gasteiger partial charge in [-0.1, -0.05) is 41.9 Å². The van der Waals surface area contributed by atoms with Crippen LogP contribution in [0.25, 0.3) is 11.3 Å². The molecular formula is C26H27ClFN3O5. The van der Waals surface area contributed by atoms with Crippen LogP contribution in [0.15, 0.2) is 60.7 Å². The van der Waals surface area contributed by atoms with E-state index < -0.39 is 29.0 Å². The average Bonchev–Trinajstić information content (AvgIpc) is 2.88. The third-order valence-corrected chi connectivity index (χ3v) is 6.02. The molecule has 3 aromatic rings. The number of hydrogen-bond acceptors (Lipinski definition) is 7. The van der Waals surface area contributed by atoms with Gasteiger partial charge in [0.2, 0.25) is 0 Å². The second-order valence-corrected chi connectivity index (χ2v) is 8.94. The minimum Gasteiger partial charge on any atom is -0.467 e. The Morgan fingerprint density at radius 3 is 2.44 bits per heavy atom. The monoisotopic (exact) mass is 515 g/mol. The molecule has 3 rings (SSSR count). The number of hydrogen-bond donors (Lipinski definition) is 3. The first-order chi connectivity index (χ1) is 17.0. The van der Waals surface area contributed by atoms with Gasteiger partial charge >= 0.3 is 12.1 Å². The van der Waals surface area contributed by atoms with Crippen molar-refractivity contribution in [3.63, 3.8) is 0 Å². The number of methoxy groups -OCH3 is 1. The van der Waals surface area contributed by atoms with Crippen LogP contribution in [0.2, 0.25) is 5.02 Å². The summed E-state index contributed by atoms with van der Waals surface area (Å²) in [5.74, 6) is -1.42. The van der Waals surface area contributed by atoms with Crippen molar-refractivity contribution in [2.24, 2.45) is 5.73 Å². The van der Waals surface area contributed by atoms with Gasteiger partial charge in [0, 0.05) is 12.1 Å². The van der Waals surface area contributed by atoms with Crippen LogP contribution in [0.1, 0.15) is 30.7 Å². The second-order valence-electron chi connectivity index (χ2n) is 8.54. The van der Waals surface area contributed by atoms with E-state index in [4.69, 9.17) is 26.8 Å². The van der Waals surface area contributed by atoms with Crippen LogP contribution < -0.4 is 11.1 Å². The molecule has 1 heterocycles. The first kappa shape index (κ1) is 27.1. The number of nitrogens with zero attached hydrogens (tertiary/aromatic N) is 1. The Kier molecular flexibility index (Phi) is 8.29. The summed E-state index contributed by atoms with van der Waals surface area (Å²) < 4.78 is 24.0. The molecule has 190 valence electrons. The molecule has 1 aromatic heterocycles. The Balaban J connectivity index is 2.06. The minimum absolute atomic E-state index is 0.0211. The van der Waals surface area contributed by atoms with Crippen LogP contribution in [0.4, 0.5) is 9.18 Å². The zero-order chi connectivity index (χ0) is 26.5. The first-order valence-electron chi connectivity index (χ1n) is 11.0. The van der Waals surface area contributed by atoms with Gasteiger partial charge in [-0.25, -0.2) is 19.0 Å². The number of alkyl carbamates (subject to hydrolysis) is 1. The number of nitrogens with one attached hydrogen (secondary N) is 1. The number of aromatic nitrogens is 1. The Morgan fingerprint density at radius 2 is 1.83 bits per heavy atom. The molecule has 1 amide bonds. The average molecular weight is 516 g/mol. The summed E-state index contributed by atoms with van der Waals surface area (Å²) in [6.45, 7) is 2.68. The summed E-state index contributed by atoms with van der Waals surface area (Å²) in [6.07, 6.45) is -0.873. The lowest BCUT2D eigenvalue weighted by atomic mass is 9.88. The molecule has 0 aliphatic heterocycles. The molecule has 8 nitrogen and oxygen atoms in total. The van der Waals surface area contributed by atoms with Crippen LogP contribution in [0, 0.1) is 5.82 Å². The minimum atomic E-state index is -1.75. The molecule has 0 spiro atoms. The SMILES string of the molecule is COC(=O)C(C)(NC(=O)OCc1ccccc1)c1cc(-c2ccc(F)c(Cl)c2)nc(C(C)(O)CN)c1. The van der Waals surface area contributed by atoms with Crippen LogP contribution in [0.3, 0.4) is 0 Å². The summed E-state index contributed by atoms with van der Waals surface area (Å²) in [5.41, 5.74) is 4.19. The zero-order valence-electron chi connectivity index (χ0n) is 20.0. The lowest BCUT2D eigenvalue weighted by Crippen LogP contribution is -2.50. The molecule has 2 unspecified atom stereocenters. The number of benzene rings is 2. The van der Waals surface area contributed by atoms with Gasteiger partial charge in [0.05, 0.1) is 23.5 Å². The molecule has 0 fully saturated rings. The Morgan fingerprint density at radius 1 is 1.14 bits per heavy atom. The van der Waals surface area contributed by atoms with Gasteiger partial charge in [0.25, 0.3) is 0 Å². The van der Waals surface area contributed by atoms with Crippen molar-refractivity contribution < 1.29 is 28.6 Å². The molecule has 0 bridgehead atoms. The highest BCUT2D eigenvalue weighted by atomic mass is 35.5. The number of nitrogens with two attached hydrogens (primary N) is 1. The van der Waals surface area contributed by atoms with E-state index in [0.717, 1.165) is 5.56 Å². The number of halogens is 2. The van der Waals surface area contributed by atoms with Crippen molar-refractivity contribution in [3.05, 3.63) is 88.3 Å². The van der Waals surface area contributed by atoms with Gasteiger partial charge in [0.1, 0.15) is 18.0 Å². The summed E-state index contributed by atoms with van der Waals surface area (Å²) in [6, 6.07) is 16.0. The Labute approximate surface area is 213 Å². The quantitative estimate of drug-likeness (QED) is 0.387. The number of aliphatic hydroxyl groups is 1. The van der Waals surface area contributed by atoms with E-state index in [1.807, 2.05) is 6.07 Å². The summed E-state index contributed by atoms with van der Waals surface area (Å²) in [7, 11) is 1.18. The molecule has 0 aliphatic rings. The first-order valence-corrected chi connectivity index (χ1v) is 11.4. The molecule has 0 saturated heterocycles. The predicted octanol–water partition coefficient (Wildman–Crippen LogP) is 4.02. The van der Waals surface area contributed by atoms with Crippen LogP contribution >= 0.6 is 11.6 Å². The number of rotatable bonds is 8. The molecular weight excluding hydrogens is 489 g/mol. The second kappa shape index (κ2) is 11.0. The number of pyridine rings is 1. The number of ether oxygens (including phenoxy) is 2. The molecule has 36 heavy (non-hydrogen) atoms. The van der Waals surface area contributed by atoms with Gasteiger partial charge in [0.15, 0.2) is 5.54 Å². The van der Waals surface area contributed by atoms with Crippen molar-refractivity contribution in [3.8, 4) is 11.3 Å². The molecule has 4 N–H and O–H groups in total. The van der Waals surface area contributed by atoms with Gasteiger partial charge in [-0.3, -0.25) is 0 Å². The van der Waals surface area contributed by atoms with Crippen LogP contribution in [-0.4, -0.2) is 35.8 Å². The number of carbonyl (C=O) groups excluding carboxylic acids is 2. The Hall–Kier alpha value is -3.53. The molecule has 0 radical (unpaired) electrons. The largest absolute Gasteiger partial charge is 0.467 e. The maximum absolute atomic E-state index is 13.8. The fourth-order valence-corrected chi connectivity index (χ4v) is 3.59. The highest BCUT2D eigenvalue weighted by Crippen LogP contribution is 2.32. The number of carbonyl (C=O) groups is 2. The van der Waals surface area contributed by atoms with Crippen molar-refractivity contribution in [2.75, 3.05) is 13.7 Å². The maximum atomic E-state index is 13.8. The maximum Gasteiger partial charge on any atom is 0.408 e.